The minimum Gasteiger partial charge on any atom is -0.481 e. The summed E-state index contributed by atoms with van der Waals surface area (Å²) in [6, 6.07) is 13.4. The number of nitrogens with zero attached hydrogens (tertiary/aromatic N) is 5. The van der Waals surface area contributed by atoms with Crippen molar-refractivity contribution in [1.29, 1.82) is 0 Å². The molecule has 2 unspecified atom stereocenters. The second-order valence-corrected chi connectivity index (χ2v) is 7.96. The molecule has 1 saturated heterocycles. The highest BCUT2D eigenvalue weighted by Crippen LogP contribution is 2.34. The summed E-state index contributed by atoms with van der Waals surface area (Å²) in [5.74, 6) is 2.75. The predicted octanol–water partition coefficient (Wildman–Crippen LogP) is 2.24. The van der Waals surface area contributed by atoms with Gasteiger partial charge in [0.2, 0.25) is 11.7 Å². The Labute approximate surface area is 174 Å². The zero-order valence-electron chi connectivity index (χ0n) is 16.9. The molecule has 0 aliphatic carbocycles. The number of benzene rings is 1. The van der Waals surface area contributed by atoms with Crippen LogP contribution in [0.25, 0.3) is 0 Å². The van der Waals surface area contributed by atoms with E-state index in [0.29, 0.717) is 23.5 Å². The lowest BCUT2D eigenvalue weighted by Gasteiger charge is -2.25. The third-order valence-electron chi connectivity index (χ3n) is 6.01. The first-order valence-electron chi connectivity index (χ1n) is 10.2. The molecule has 5 rings (SSSR count). The standard InChI is InChI=1S/C22H24N6O2/c1-30-22-15(6-5-9-23-22)11-27-12-16-10-19-25-26-20(28(19)14-17(16)13-27)21(29)24-18-7-3-2-4-8-18/h2-9,16-17H,10-14H2,1H3,(H,24,29). The van der Waals surface area contributed by atoms with Gasteiger partial charge in [-0.15, -0.1) is 10.2 Å². The maximum absolute atomic E-state index is 12.7. The molecule has 4 heterocycles. The number of rotatable bonds is 5. The van der Waals surface area contributed by atoms with Gasteiger partial charge in [0.25, 0.3) is 5.91 Å². The number of para-hydroxylation sites is 1. The van der Waals surface area contributed by atoms with Crippen LogP contribution < -0.4 is 10.1 Å². The van der Waals surface area contributed by atoms with Crippen LogP contribution in [-0.4, -0.2) is 50.8 Å². The largest absolute Gasteiger partial charge is 0.481 e. The summed E-state index contributed by atoms with van der Waals surface area (Å²) < 4.78 is 7.39. The van der Waals surface area contributed by atoms with Crippen molar-refractivity contribution in [3.63, 3.8) is 0 Å². The van der Waals surface area contributed by atoms with E-state index in [9.17, 15) is 4.79 Å². The van der Waals surface area contributed by atoms with E-state index in [-0.39, 0.29) is 5.91 Å². The number of hydrogen-bond donors (Lipinski definition) is 1. The second-order valence-electron chi connectivity index (χ2n) is 7.96. The molecule has 1 amide bonds. The Balaban J connectivity index is 1.28. The monoisotopic (exact) mass is 404 g/mol. The number of methoxy groups -OCH3 is 1. The van der Waals surface area contributed by atoms with Crippen molar-refractivity contribution in [1.82, 2.24) is 24.6 Å². The lowest BCUT2D eigenvalue weighted by atomic mass is 9.89. The number of pyridine rings is 1. The van der Waals surface area contributed by atoms with E-state index < -0.39 is 0 Å². The molecule has 2 atom stereocenters. The van der Waals surface area contributed by atoms with E-state index in [1.165, 1.54) is 0 Å². The number of aromatic nitrogens is 4. The van der Waals surface area contributed by atoms with Crippen molar-refractivity contribution in [2.24, 2.45) is 11.8 Å². The molecule has 3 aromatic rings. The summed E-state index contributed by atoms with van der Waals surface area (Å²) >= 11 is 0. The van der Waals surface area contributed by atoms with E-state index in [0.717, 1.165) is 49.7 Å². The molecule has 8 heteroatoms. The molecule has 1 fully saturated rings. The minimum atomic E-state index is -0.214. The average molecular weight is 404 g/mol. The lowest BCUT2D eigenvalue weighted by molar-refractivity contribution is 0.100. The topological polar surface area (TPSA) is 85.2 Å². The number of amides is 1. The number of hydrogen-bond acceptors (Lipinski definition) is 6. The van der Waals surface area contributed by atoms with Crippen LogP contribution in [0.4, 0.5) is 5.69 Å². The smallest absolute Gasteiger partial charge is 0.293 e. The van der Waals surface area contributed by atoms with Crippen LogP contribution in [0.1, 0.15) is 22.0 Å². The molecule has 0 radical (unpaired) electrons. The summed E-state index contributed by atoms with van der Waals surface area (Å²) in [5, 5.41) is 11.4. The lowest BCUT2D eigenvalue weighted by Crippen LogP contribution is -2.31. The number of fused-ring (bicyclic) bond motifs is 2. The fraction of sp³-hybridized carbons (Fsp3) is 0.364. The highest BCUT2D eigenvalue weighted by Gasteiger charge is 2.39. The van der Waals surface area contributed by atoms with Gasteiger partial charge < -0.3 is 14.6 Å². The Kier molecular flexibility index (Phi) is 4.92. The van der Waals surface area contributed by atoms with Crippen LogP contribution in [0.15, 0.2) is 48.7 Å². The molecule has 2 aliphatic heterocycles. The highest BCUT2D eigenvalue weighted by molar-refractivity contribution is 6.01. The zero-order chi connectivity index (χ0) is 20.5. The van der Waals surface area contributed by atoms with Crippen LogP contribution in [-0.2, 0) is 19.5 Å². The Morgan fingerprint density at radius 1 is 1.10 bits per heavy atom. The number of anilines is 1. The molecular weight excluding hydrogens is 380 g/mol. The SMILES string of the molecule is COc1ncccc1CN1CC2Cc3nnc(C(=O)Nc4ccccc4)n3CC2C1. The maximum Gasteiger partial charge on any atom is 0.293 e. The molecule has 154 valence electrons. The van der Waals surface area contributed by atoms with Gasteiger partial charge >= 0.3 is 0 Å². The van der Waals surface area contributed by atoms with Crippen LogP contribution in [0.3, 0.4) is 0 Å². The molecular formula is C22H24N6O2. The van der Waals surface area contributed by atoms with Gasteiger partial charge in [-0.3, -0.25) is 9.69 Å². The van der Waals surface area contributed by atoms with Gasteiger partial charge in [0.15, 0.2) is 0 Å². The molecule has 0 saturated carbocycles. The van der Waals surface area contributed by atoms with E-state index in [4.69, 9.17) is 4.74 Å². The maximum atomic E-state index is 12.7. The van der Waals surface area contributed by atoms with Crippen molar-refractivity contribution in [3.8, 4) is 5.88 Å². The minimum absolute atomic E-state index is 0.214. The number of ether oxygens (including phenoxy) is 1. The van der Waals surface area contributed by atoms with Crippen molar-refractivity contribution in [2.75, 3.05) is 25.5 Å². The summed E-state index contributed by atoms with van der Waals surface area (Å²) in [5.41, 5.74) is 1.85. The Hall–Kier alpha value is -3.26. The Bertz CT molecular complexity index is 1050. The molecule has 2 aromatic heterocycles. The van der Waals surface area contributed by atoms with Gasteiger partial charge in [0.1, 0.15) is 5.82 Å². The van der Waals surface area contributed by atoms with Crippen LogP contribution in [0.5, 0.6) is 5.88 Å². The van der Waals surface area contributed by atoms with Crippen molar-refractivity contribution in [2.45, 2.75) is 19.5 Å². The van der Waals surface area contributed by atoms with Crippen molar-refractivity contribution in [3.05, 3.63) is 65.9 Å². The van der Waals surface area contributed by atoms with Crippen LogP contribution >= 0.6 is 0 Å². The van der Waals surface area contributed by atoms with Gasteiger partial charge in [-0.1, -0.05) is 24.3 Å². The van der Waals surface area contributed by atoms with Crippen molar-refractivity contribution >= 4 is 11.6 Å². The van der Waals surface area contributed by atoms with Gasteiger partial charge in [-0.2, -0.15) is 0 Å². The second kappa shape index (κ2) is 7.87. The van der Waals surface area contributed by atoms with E-state index >= 15 is 0 Å². The normalized spacial score (nSPS) is 20.4. The molecule has 0 bridgehead atoms. The summed E-state index contributed by atoms with van der Waals surface area (Å²) in [6.45, 7) is 3.55. The molecule has 30 heavy (non-hydrogen) atoms. The van der Waals surface area contributed by atoms with Gasteiger partial charge in [-0.25, -0.2) is 4.98 Å². The van der Waals surface area contributed by atoms with Crippen molar-refractivity contribution < 1.29 is 9.53 Å². The average Bonchev–Trinajstić information content (AvgIpc) is 3.35. The first-order valence-corrected chi connectivity index (χ1v) is 10.2. The Morgan fingerprint density at radius 2 is 1.93 bits per heavy atom. The fourth-order valence-electron chi connectivity index (χ4n) is 4.60. The summed E-state index contributed by atoms with van der Waals surface area (Å²) in [6.07, 6.45) is 2.59. The number of likely N-dealkylation sites (tertiary alicyclic amines) is 1. The third kappa shape index (κ3) is 3.54. The molecule has 0 spiro atoms. The first kappa shape index (κ1) is 18.7. The molecule has 8 nitrogen and oxygen atoms in total. The van der Waals surface area contributed by atoms with E-state index in [1.807, 2.05) is 41.0 Å². The fourth-order valence-corrected chi connectivity index (χ4v) is 4.60. The summed E-state index contributed by atoms with van der Waals surface area (Å²) in [4.78, 5) is 19.5. The molecule has 2 aliphatic rings. The highest BCUT2D eigenvalue weighted by atomic mass is 16.5. The summed E-state index contributed by atoms with van der Waals surface area (Å²) in [7, 11) is 1.66. The predicted molar refractivity (Wildman–Crippen MR) is 111 cm³/mol. The number of nitrogens with one attached hydrogen (secondary N) is 1. The first-order chi connectivity index (χ1) is 14.7. The Morgan fingerprint density at radius 3 is 2.77 bits per heavy atom. The van der Waals surface area contributed by atoms with Gasteiger partial charge in [-0.05, 0) is 30.0 Å². The van der Waals surface area contributed by atoms with Gasteiger partial charge in [0, 0.05) is 50.0 Å². The van der Waals surface area contributed by atoms with Crippen LogP contribution in [0, 0.1) is 11.8 Å². The number of carbonyl (C=O) groups excluding carboxylic acids is 1. The van der Waals surface area contributed by atoms with Crippen LogP contribution in [0.2, 0.25) is 0 Å². The van der Waals surface area contributed by atoms with Gasteiger partial charge in [0.05, 0.1) is 7.11 Å². The van der Waals surface area contributed by atoms with E-state index in [1.54, 1.807) is 13.3 Å². The quantitative estimate of drug-likeness (QED) is 0.702. The van der Waals surface area contributed by atoms with E-state index in [2.05, 4.69) is 31.5 Å². The zero-order valence-corrected chi connectivity index (χ0v) is 16.9. The molecule has 1 N–H and O–H groups in total. The number of carbonyl (C=O) groups is 1. The third-order valence-corrected chi connectivity index (χ3v) is 6.01. The molecule has 1 aromatic carbocycles.